The molecule has 0 aliphatic carbocycles. The normalized spacial score (nSPS) is 16.2. The average molecular weight is 488 g/mol. The van der Waals surface area contributed by atoms with Crippen LogP contribution in [0.3, 0.4) is 0 Å². The van der Waals surface area contributed by atoms with E-state index < -0.39 is 11.6 Å². The number of aliphatic carboxylic acids is 1. The van der Waals surface area contributed by atoms with E-state index >= 15 is 0 Å². The lowest BCUT2D eigenvalue weighted by atomic mass is 10.0. The quantitative estimate of drug-likeness (QED) is 0.422. The standard InChI is InChI=1S/C25H37N5O5/c1-6-18-9-7-8-14-30(18)23-27-22(26-17(2)3)28-24(29-23)34-16-15-33-19-10-12-20(13-11-19)35-25(4,5)21(31)32/h10-13,17-18H,6-9,14-16H2,1-5H3,(H,31,32)(H,26,27,28,29). The van der Waals surface area contributed by atoms with Crippen LogP contribution in [-0.2, 0) is 4.79 Å². The number of ether oxygens (including phenoxy) is 3. The van der Waals surface area contributed by atoms with Crippen LogP contribution in [0.5, 0.6) is 17.5 Å². The Kier molecular flexibility index (Phi) is 8.95. The fourth-order valence-corrected chi connectivity index (χ4v) is 3.78. The molecule has 192 valence electrons. The molecule has 1 aromatic heterocycles. The summed E-state index contributed by atoms with van der Waals surface area (Å²) in [5.74, 6) is 1.18. The van der Waals surface area contributed by atoms with Crippen LogP contribution in [0.4, 0.5) is 11.9 Å². The molecule has 0 saturated carbocycles. The lowest BCUT2D eigenvalue weighted by molar-refractivity contribution is -0.152. The predicted octanol–water partition coefficient (Wildman–Crippen LogP) is 4.16. The maximum atomic E-state index is 11.2. The second-order valence-electron chi connectivity index (χ2n) is 9.38. The molecule has 1 aliphatic heterocycles. The first-order valence-electron chi connectivity index (χ1n) is 12.2. The summed E-state index contributed by atoms with van der Waals surface area (Å²) < 4.78 is 17.1. The summed E-state index contributed by atoms with van der Waals surface area (Å²) in [5.41, 5.74) is -1.31. The van der Waals surface area contributed by atoms with E-state index in [-0.39, 0.29) is 25.3 Å². The van der Waals surface area contributed by atoms with Gasteiger partial charge in [-0.3, -0.25) is 0 Å². The molecule has 1 fully saturated rings. The molecule has 1 aromatic carbocycles. The van der Waals surface area contributed by atoms with Crippen molar-refractivity contribution in [3.63, 3.8) is 0 Å². The molecule has 0 radical (unpaired) electrons. The zero-order valence-corrected chi connectivity index (χ0v) is 21.3. The number of benzene rings is 1. The first-order valence-corrected chi connectivity index (χ1v) is 12.2. The van der Waals surface area contributed by atoms with E-state index in [4.69, 9.17) is 14.2 Å². The van der Waals surface area contributed by atoms with Crippen molar-refractivity contribution < 1.29 is 24.1 Å². The molecular weight excluding hydrogens is 450 g/mol. The van der Waals surface area contributed by atoms with Gasteiger partial charge in [0.2, 0.25) is 11.9 Å². The third kappa shape index (κ3) is 7.60. The van der Waals surface area contributed by atoms with Gasteiger partial charge in [-0.05, 0) is 77.6 Å². The van der Waals surface area contributed by atoms with Crippen LogP contribution in [0.25, 0.3) is 0 Å². The van der Waals surface area contributed by atoms with Crippen LogP contribution in [0, 0.1) is 0 Å². The second-order valence-corrected chi connectivity index (χ2v) is 9.38. The third-order valence-electron chi connectivity index (χ3n) is 5.67. The molecule has 0 bridgehead atoms. The number of rotatable bonds is 12. The van der Waals surface area contributed by atoms with E-state index in [0.29, 0.717) is 29.4 Å². The summed E-state index contributed by atoms with van der Waals surface area (Å²) >= 11 is 0. The molecule has 1 atom stereocenters. The van der Waals surface area contributed by atoms with Gasteiger partial charge >= 0.3 is 12.0 Å². The minimum atomic E-state index is -1.31. The van der Waals surface area contributed by atoms with Gasteiger partial charge < -0.3 is 29.5 Å². The van der Waals surface area contributed by atoms with Gasteiger partial charge in [0.05, 0.1) is 0 Å². The smallest absolute Gasteiger partial charge is 0.347 e. The molecular formula is C25H37N5O5. The molecule has 35 heavy (non-hydrogen) atoms. The number of piperidine rings is 1. The molecule has 2 N–H and O–H groups in total. The molecule has 1 unspecified atom stereocenters. The molecule has 10 heteroatoms. The van der Waals surface area contributed by atoms with Gasteiger partial charge in [0.1, 0.15) is 24.7 Å². The van der Waals surface area contributed by atoms with Gasteiger partial charge in [-0.15, -0.1) is 0 Å². The van der Waals surface area contributed by atoms with Gasteiger partial charge in [-0.2, -0.15) is 15.0 Å². The van der Waals surface area contributed by atoms with E-state index in [1.165, 1.54) is 20.3 Å². The minimum absolute atomic E-state index is 0.179. The molecule has 2 aromatic rings. The number of carboxylic acids is 1. The van der Waals surface area contributed by atoms with E-state index in [2.05, 4.69) is 32.1 Å². The predicted molar refractivity (Wildman–Crippen MR) is 134 cm³/mol. The first-order chi connectivity index (χ1) is 16.7. The van der Waals surface area contributed by atoms with E-state index in [1.807, 2.05) is 13.8 Å². The summed E-state index contributed by atoms with van der Waals surface area (Å²) in [6, 6.07) is 7.65. The van der Waals surface area contributed by atoms with Gasteiger partial charge in [-0.25, -0.2) is 4.79 Å². The third-order valence-corrected chi connectivity index (χ3v) is 5.67. The van der Waals surface area contributed by atoms with Crippen molar-refractivity contribution in [3.05, 3.63) is 24.3 Å². The van der Waals surface area contributed by atoms with E-state index in [0.717, 1.165) is 25.8 Å². The Bertz CT molecular complexity index is 967. The number of nitrogens with zero attached hydrogens (tertiary/aromatic N) is 4. The highest BCUT2D eigenvalue weighted by atomic mass is 16.5. The summed E-state index contributed by atoms with van der Waals surface area (Å²) in [5, 5.41) is 12.4. The van der Waals surface area contributed by atoms with Crippen molar-refractivity contribution in [2.45, 2.75) is 78.0 Å². The topological polar surface area (TPSA) is 119 Å². The summed E-state index contributed by atoms with van der Waals surface area (Å²) in [6.45, 7) is 10.7. The van der Waals surface area contributed by atoms with Crippen molar-refractivity contribution in [1.82, 2.24) is 15.0 Å². The zero-order chi connectivity index (χ0) is 25.4. The van der Waals surface area contributed by atoms with Crippen LogP contribution < -0.4 is 24.4 Å². The van der Waals surface area contributed by atoms with Crippen LogP contribution in [0.15, 0.2) is 24.3 Å². The van der Waals surface area contributed by atoms with Gasteiger partial charge in [0, 0.05) is 18.6 Å². The van der Waals surface area contributed by atoms with Gasteiger partial charge in [0.15, 0.2) is 5.60 Å². The largest absolute Gasteiger partial charge is 0.490 e. The fraction of sp³-hybridized carbons (Fsp3) is 0.600. The van der Waals surface area contributed by atoms with Crippen molar-refractivity contribution >= 4 is 17.9 Å². The van der Waals surface area contributed by atoms with Crippen molar-refractivity contribution in [2.24, 2.45) is 0 Å². The first kappa shape index (κ1) is 26.3. The van der Waals surface area contributed by atoms with Crippen molar-refractivity contribution in [3.8, 4) is 17.5 Å². The summed E-state index contributed by atoms with van der Waals surface area (Å²) in [7, 11) is 0. The van der Waals surface area contributed by atoms with Crippen LogP contribution in [0.1, 0.15) is 60.3 Å². The maximum absolute atomic E-state index is 11.2. The van der Waals surface area contributed by atoms with Crippen LogP contribution >= 0.6 is 0 Å². The molecule has 0 spiro atoms. The summed E-state index contributed by atoms with van der Waals surface area (Å²) in [4.78, 5) is 27.1. The number of nitrogens with one attached hydrogen (secondary N) is 1. The highest BCUT2D eigenvalue weighted by Crippen LogP contribution is 2.26. The monoisotopic (exact) mass is 487 g/mol. The minimum Gasteiger partial charge on any atom is -0.490 e. The number of aromatic nitrogens is 3. The van der Waals surface area contributed by atoms with Crippen LogP contribution in [0.2, 0.25) is 0 Å². The SMILES string of the molecule is CCC1CCCCN1c1nc(NC(C)C)nc(OCCOc2ccc(OC(C)(C)C(=O)O)cc2)n1. The highest BCUT2D eigenvalue weighted by molar-refractivity contribution is 5.76. The number of anilines is 2. The number of hydrogen-bond acceptors (Lipinski definition) is 9. The Morgan fingerprint density at radius 1 is 1.11 bits per heavy atom. The lowest BCUT2D eigenvalue weighted by Gasteiger charge is -2.35. The average Bonchev–Trinajstić information content (AvgIpc) is 2.82. The highest BCUT2D eigenvalue weighted by Gasteiger charge is 2.29. The molecule has 10 nitrogen and oxygen atoms in total. The Labute approximate surface area is 207 Å². The Hall–Kier alpha value is -3.30. The molecule has 1 saturated heterocycles. The van der Waals surface area contributed by atoms with Crippen molar-refractivity contribution in [1.29, 1.82) is 0 Å². The Morgan fingerprint density at radius 2 is 1.80 bits per heavy atom. The number of carbonyl (C=O) groups is 1. The van der Waals surface area contributed by atoms with E-state index in [9.17, 15) is 9.90 Å². The van der Waals surface area contributed by atoms with E-state index in [1.54, 1.807) is 24.3 Å². The zero-order valence-electron chi connectivity index (χ0n) is 21.3. The lowest BCUT2D eigenvalue weighted by Crippen LogP contribution is -2.40. The molecule has 2 heterocycles. The molecule has 3 rings (SSSR count). The van der Waals surface area contributed by atoms with Gasteiger partial charge in [-0.1, -0.05) is 6.92 Å². The summed E-state index contributed by atoms with van der Waals surface area (Å²) in [6.07, 6.45) is 4.52. The van der Waals surface area contributed by atoms with Gasteiger partial charge in [0.25, 0.3) is 0 Å². The number of carboxylic acid groups (broad SMARTS) is 1. The fourth-order valence-electron chi connectivity index (χ4n) is 3.78. The maximum Gasteiger partial charge on any atom is 0.347 e. The molecule has 1 aliphatic rings. The molecule has 0 amide bonds. The second kappa shape index (κ2) is 11.9. The number of hydrogen-bond donors (Lipinski definition) is 2. The Balaban J connectivity index is 1.59. The van der Waals surface area contributed by atoms with Crippen molar-refractivity contribution in [2.75, 3.05) is 30.0 Å². The Morgan fingerprint density at radius 3 is 2.46 bits per heavy atom. The van der Waals surface area contributed by atoms with Crippen LogP contribution in [-0.4, -0.2) is 63.5 Å².